The zero-order valence-electron chi connectivity index (χ0n) is 10.9. The molecule has 2 rings (SSSR count). The van der Waals surface area contributed by atoms with E-state index >= 15 is 0 Å². The Morgan fingerprint density at radius 3 is 2.85 bits per heavy atom. The Morgan fingerprint density at radius 2 is 2.15 bits per heavy atom. The predicted octanol–water partition coefficient (Wildman–Crippen LogP) is 3.01. The molecular weight excluding hydrogens is 285 g/mol. The largest absolute Gasteiger partial charge is 0.507 e. The van der Waals surface area contributed by atoms with E-state index in [-0.39, 0.29) is 28.0 Å². The van der Waals surface area contributed by atoms with Gasteiger partial charge in [0.1, 0.15) is 17.7 Å². The van der Waals surface area contributed by atoms with Gasteiger partial charge in [0.2, 0.25) is 0 Å². The summed E-state index contributed by atoms with van der Waals surface area (Å²) >= 11 is 5.85. The Hall–Kier alpha value is -2.08. The number of ether oxygens (including phenoxy) is 1. The first-order valence-corrected chi connectivity index (χ1v) is 6.20. The highest BCUT2D eigenvalue weighted by Crippen LogP contribution is 2.36. The Labute approximate surface area is 120 Å². The fourth-order valence-electron chi connectivity index (χ4n) is 1.72. The van der Waals surface area contributed by atoms with Crippen LogP contribution < -0.4 is 10.5 Å². The third kappa shape index (κ3) is 2.75. The van der Waals surface area contributed by atoms with E-state index in [1.54, 1.807) is 13.8 Å². The van der Waals surface area contributed by atoms with Crippen LogP contribution in [0.5, 0.6) is 11.6 Å². The molecule has 5 nitrogen and oxygen atoms in total. The summed E-state index contributed by atoms with van der Waals surface area (Å²) in [5.41, 5.74) is 6.41. The van der Waals surface area contributed by atoms with Crippen LogP contribution in [0, 0.1) is 12.7 Å². The van der Waals surface area contributed by atoms with Crippen molar-refractivity contribution in [2.24, 2.45) is 0 Å². The van der Waals surface area contributed by atoms with Gasteiger partial charge in [0, 0.05) is 0 Å². The first kappa shape index (κ1) is 14.3. The van der Waals surface area contributed by atoms with E-state index in [1.807, 2.05) is 0 Å². The molecule has 7 heteroatoms. The molecular formula is C13H13ClFN3O2. The number of nitrogen functional groups attached to an aromatic ring is 1. The Morgan fingerprint density at radius 1 is 1.45 bits per heavy atom. The number of benzene rings is 1. The van der Waals surface area contributed by atoms with Crippen molar-refractivity contribution in [1.82, 2.24) is 9.97 Å². The van der Waals surface area contributed by atoms with E-state index in [4.69, 9.17) is 22.1 Å². The molecule has 1 aromatic heterocycles. The first-order valence-electron chi connectivity index (χ1n) is 5.82. The third-order valence-corrected chi connectivity index (χ3v) is 3.08. The SMILES string of the molecule is Cc1cnc(N)c(O[C@H](C)c2c(O)ccc(F)c2Cl)n1. The topological polar surface area (TPSA) is 81.3 Å². The normalized spacial score (nSPS) is 12.2. The maximum absolute atomic E-state index is 13.5. The molecule has 106 valence electrons. The number of phenolic OH excluding ortho intramolecular Hbond substituents is 1. The van der Waals surface area contributed by atoms with Crippen molar-refractivity contribution in [3.63, 3.8) is 0 Å². The summed E-state index contributed by atoms with van der Waals surface area (Å²) in [5, 5.41) is 9.59. The van der Waals surface area contributed by atoms with Crippen molar-refractivity contribution in [1.29, 1.82) is 0 Å². The standard InChI is InChI=1S/C13H13ClFN3O2/c1-6-5-17-12(16)13(18-6)20-7(2)10-9(19)4-3-8(15)11(10)14/h3-5,7,19H,1-2H3,(H2,16,17)/t7-/m1/s1. The molecule has 0 saturated carbocycles. The zero-order chi connectivity index (χ0) is 14.9. The van der Waals surface area contributed by atoms with Crippen molar-refractivity contribution in [2.75, 3.05) is 5.73 Å². The molecule has 3 N–H and O–H groups in total. The lowest BCUT2D eigenvalue weighted by Crippen LogP contribution is -2.09. The van der Waals surface area contributed by atoms with Crippen molar-refractivity contribution < 1.29 is 14.2 Å². The number of aromatic hydroxyl groups is 1. The summed E-state index contributed by atoms with van der Waals surface area (Å²) in [5.74, 6) is -0.590. The van der Waals surface area contributed by atoms with Crippen molar-refractivity contribution in [3.05, 3.63) is 40.4 Å². The van der Waals surface area contributed by atoms with Gasteiger partial charge < -0.3 is 15.6 Å². The minimum absolute atomic E-state index is 0.106. The fraction of sp³-hybridized carbons (Fsp3) is 0.231. The number of aryl methyl sites for hydroxylation is 1. The van der Waals surface area contributed by atoms with Crippen LogP contribution in [0.25, 0.3) is 0 Å². The van der Waals surface area contributed by atoms with Crippen LogP contribution in [0.15, 0.2) is 18.3 Å². The van der Waals surface area contributed by atoms with Gasteiger partial charge in [-0.1, -0.05) is 11.6 Å². The van der Waals surface area contributed by atoms with Crippen molar-refractivity contribution in [3.8, 4) is 11.6 Å². The number of aromatic nitrogens is 2. The molecule has 0 amide bonds. The second-order valence-electron chi connectivity index (χ2n) is 4.26. The van der Waals surface area contributed by atoms with Gasteiger partial charge in [0.25, 0.3) is 5.88 Å². The second kappa shape index (κ2) is 5.50. The quantitative estimate of drug-likeness (QED) is 0.910. The number of phenols is 1. The minimum atomic E-state index is -0.739. The third-order valence-electron chi connectivity index (χ3n) is 2.69. The molecule has 0 saturated heterocycles. The summed E-state index contributed by atoms with van der Waals surface area (Å²) < 4.78 is 19.0. The van der Waals surface area contributed by atoms with E-state index in [0.717, 1.165) is 6.07 Å². The Kier molecular flexibility index (Phi) is 3.94. The molecule has 0 radical (unpaired) electrons. The average Bonchev–Trinajstić information content (AvgIpc) is 2.39. The van der Waals surface area contributed by atoms with Crippen LogP contribution in [0.4, 0.5) is 10.2 Å². The first-order chi connectivity index (χ1) is 9.40. The van der Waals surface area contributed by atoms with Crippen LogP contribution in [0.3, 0.4) is 0 Å². The Balaban J connectivity index is 2.35. The number of nitrogens with two attached hydrogens (primary N) is 1. The van der Waals surface area contributed by atoms with Crippen LogP contribution in [0.1, 0.15) is 24.3 Å². The summed E-state index contributed by atoms with van der Waals surface area (Å²) in [6, 6.07) is 2.29. The number of hydrogen-bond donors (Lipinski definition) is 2. The minimum Gasteiger partial charge on any atom is -0.507 e. The monoisotopic (exact) mass is 297 g/mol. The van der Waals surface area contributed by atoms with Gasteiger partial charge in [-0.05, 0) is 26.0 Å². The van der Waals surface area contributed by atoms with Crippen LogP contribution in [-0.4, -0.2) is 15.1 Å². The molecule has 0 unspecified atom stereocenters. The number of hydrogen-bond acceptors (Lipinski definition) is 5. The summed E-state index contributed by atoms with van der Waals surface area (Å²) in [6.07, 6.45) is 0.760. The summed E-state index contributed by atoms with van der Waals surface area (Å²) in [7, 11) is 0. The van der Waals surface area contributed by atoms with Gasteiger partial charge >= 0.3 is 0 Å². The molecule has 0 spiro atoms. The van der Waals surface area contributed by atoms with Crippen molar-refractivity contribution >= 4 is 17.4 Å². The fourth-order valence-corrected chi connectivity index (χ4v) is 2.03. The smallest absolute Gasteiger partial charge is 0.258 e. The van der Waals surface area contributed by atoms with Crippen molar-refractivity contribution in [2.45, 2.75) is 20.0 Å². The molecule has 2 aromatic rings. The van der Waals surface area contributed by atoms with E-state index < -0.39 is 11.9 Å². The van der Waals surface area contributed by atoms with E-state index in [1.165, 1.54) is 12.3 Å². The van der Waals surface area contributed by atoms with Gasteiger partial charge in [-0.2, -0.15) is 0 Å². The molecule has 1 atom stereocenters. The zero-order valence-corrected chi connectivity index (χ0v) is 11.6. The average molecular weight is 298 g/mol. The highest BCUT2D eigenvalue weighted by molar-refractivity contribution is 6.31. The number of anilines is 1. The highest BCUT2D eigenvalue weighted by Gasteiger charge is 2.20. The summed E-state index contributed by atoms with van der Waals surface area (Å²) in [4.78, 5) is 8.00. The van der Waals surface area contributed by atoms with Gasteiger partial charge in [-0.3, -0.25) is 0 Å². The molecule has 0 fully saturated rings. The molecule has 0 aliphatic rings. The van der Waals surface area contributed by atoms with Gasteiger partial charge in [-0.25, -0.2) is 14.4 Å². The maximum atomic E-state index is 13.5. The Bertz CT molecular complexity index is 652. The lowest BCUT2D eigenvalue weighted by molar-refractivity contribution is 0.213. The van der Waals surface area contributed by atoms with E-state index in [9.17, 15) is 9.50 Å². The molecule has 1 aromatic carbocycles. The van der Waals surface area contributed by atoms with Gasteiger partial charge in [0.15, 0.2) is 5.82 Å². The lowest BCUT2D eigenvalue weighted by Gasteiger charge is -2.17. The van der Waals surface area contributed by atoms with E-state index in [0.29, 0.717) is 5.69 Å². The highest BCUT2D eigenvalue weighted by atomic mass is 35.5. The number of rotatable bonds is 3. The van der Waals surface area contributed by atoms with Crippen LogP contribution >= 0.6 is 11.6 Å². The molecule has 0 aliphatic carbocycles. The van der Waals surface area contributed by atoms with Gasteiger partial charge in [-0.15, -0.1) is 0 Å². The van der Waals surface area contributed by atoms with E-state index in [2.05, 4.69) is 9.97 Å². The lowest BCUT2D eigenvalue weighted by atomic mass is 10.1. The molecule has 0 aliphatic heterocycles. The number of halogens is 2. The maximum Gasteiger partial charge on any atom is 0.258 e. The number of nitrogens with zero attached hydrogens (tertiary/aromatic N) is 2. The molecule has 0 bridgehead atoms. The second-order valence-corrected chi connectivity index (χ2v) is 4.63. The predicted molar refractivity (Wildman–Crippen MR) is 73.3 cm³/mol. The van der Waals surface area contributed by atoms with Crippen LogP contribution in [-0.2, 0) is 0 Å². The molecule has 1 heterocycles. The molecule has 20 heavy (non-hydrogen) atoms. The summed E-state index contributed by atoms with van der Waals surface area (Å²) in [6.45, 7) is 3.33. The van der Waals surface area contributed by atoms with Crippen LogP contribution in [0.2, 0.25) is 5.02 Å². The van der Waals surface area contributed by atoms with Gasteiger partial charge in [0.05, 0.1) is 22.5 Å².